The average molecular weight is 248 g/mol. The second-order valence-electron chi connectivity index (χ2n) is 5.57. The summed E-state index contributed by atoms with van der Waals surface area (Å²) in [6.07, 6.45) is 9.22. The fourth-order valence-electron chi connectivity index (χ4n) is 1.74. The lowest BCUT2D eigenvalue weighted by atomic mass is 9.94. The molecule has 0 aliphatic rings. The Hall–Kier alpha value is 0.250. The van der Waals surface area contributed by atoms with Crippen molar-refractivity contribution in [1.82, 2.24) is 4.90 Å². The van der Waals surface area contributed by atoms with Crippen LogP contribution in [0.1, 0.15) is 65.7 Å². The van der Waals surface area contributed by atoms with Crippen LogP contribution in [-0.2, 0) is 0 Å². The molecular weight excluding hydrogens is 218 g/mol. The van der Waals surface area contributed by atoms with Crippen molar-refractivity contribution in [3.63, 3.8) is 0 Å². The first kappa shape index (κ1) is 16.2. The van der Waals surface area contributed by atoms with Crippen molar-refractivity contribution < 1.29 is 0 Å². The lowest BCUT2D eigenvalue weighted by molar-refractivity contribution is 0.182. The third kappa shape index (κ3) is 6.10. The number of alkyl halides is 1. The second kappa shape index (κ2) is 8.36. The molecule has 2 heteroatoms. The van der Waals surface area contributed by atoms with Crippen LogP contribution in [0.5, 0.6) is 0 Å². The van der Waals surface area contributed by atoms with Gasteiger partial charge in [-0.15, -0.1) is 11.6 Å². The number of unbranched alkanes of at least 4 members (excludes halogenated alkanes) is 5. The Morgan fingerprint density at radius 2 is 1.50 bits per heavy atom. The molecule has 0 radical (unpaired) electrons. The Bertz CT molecular complexity index is 166. The first-order valence-electron chi connectivity index (χ1n) is 6.74. The molecule has 0 N–H and O–H groups in total. The molecule has 1 nitrogen and oxygen atoms in total. The van der Waals surface area contributed by atoms with Crippen LogP contribution in [0.4, 0.5) is 0 Å². The summed E-state index contributed by atoms with van der Waals surface area (Å²) in [6, 6.07) is 0. The first-order chi connectivity index (χ1) is 7.42. The van der Waals surface area contributed by atoms with Gasteiger partial charge in [-0.1, -0.05) is 45.4 Å². The minimum absolute atomic E-state index is 0.102. The van der Waals surface area contributed by atoms with E-state index in [1.165, 1.54) is 38.5 Å². The zero-order valence-electron chi connectivity index (χ0n) is 11.9. The SMILES string of the molecule is CCCCCCCCC(Cl)C(C)(C)N(C)C. The molecule has 0 aliphatic heterocycles. The summed E-state index contributed by atoms with van der Waals surface area (Å²) in [5, 5.41) is 0.258. The van der Waals surface area contributed by atoms with Gasteiger partial charge in [0, 0.05) is 5.54 Å². The third-order valence-corrected chi connectivity index (χ3v) is 4.48. The highest BCUT2D eigenvalue weighted by molar-refractivity contribution is 6.21. The minimum Gasteiger partial charge on any atom is -0.303 e. The van der Waals surface area contributed by atoms with E-state index in [1.807, 2.05) is 0 Å². The average Bonchev–Trinajstić information content (AvgIpc) is 2.22. The molecule has 1 atom stereocenters. The highest BCUT2D eigenvalue weighted by atomic mass is 35.5. The number of hydrogen-bond acceptors (Lipinski definition) is 1. The minimum atomic E-state index is 0.102. The molecule has 0 aromatic heterocycles. The summed E-state index contributed by atoms with van der Waals surface area (Å²) >= 11 is 6.47. The Balaban J connectivity index is 3.61. The van der Waals surface area contributed by atoms with Crippen LogP contribution in [-0.4, -0.2) is 29.9 Å². The van der Waals surface area contributed by atoms with Crippen molar-refractivity contribution in [2.45, 2.75) is 76.6 Å². The number of nitrogens with zero attached hydrogens (tertiary/aromatic N) is 1. The van der Waals surface area contributed by atoms with Crippen molar-refractivity contribution in [1.29, 1.82) is 0 Å². The molecule has 0 aromatic rings. The van der Waals surface area contributed by atoms with Gasteiger partial charge in [0.2, 0.25) is 0 Å². The van der Waals surface area contributed by atoms with Gasteiger partial charge in [-0.3, -0.25) is 0 Å². The molecule has 0 bridgehead atoms. The van der Waals surface area contributed by atoms with Gasteiger partial charge in [-0.05, 0) is 34.4 Å². The summed E-state index contributed by atoms with van der Waals surface area (Å²) < 4.78 is 0. The third-order valence-electron chi connectivity index (χ3n) is 3.73. The maximum Gasteiger partial charge on any atom is 0.0514 e. The summed E-state index contributed by atoms with van der Waals surface area (Å²) in [7, 11) is 4.22. The monoisotopic (exact) mass is 247 g/mol. The Kier molecular flexibility index (Phi) is 8.49. The summed E-state index contributed by atoms with van der Waals surface area (Å²) in [5.74, 6) is 0. The van der Waals surface area contributed by atoms with Crippen molar-refractivity contribution >= 4 is 11.6 Å². The Morgan fingerprint density at radius 1 is 1.00 bits per heavy atom. The maximum absolute atomic E-state index is 6.47. The molecule has 0 fully saturated rings. The molecule has 98 valence electrons. The quantitative estimate of drug-likeness (QED) is 0.422. The normalized spacial score (nSPS) is 14.4. The zero-order chi connectivity index (χ0) is 12.6. The molecule has 0 saturated carbocycles. The molecule has 16 heavy (non-hydrogen) atoms. The largest absolute Gasteiger partial charge is 0.303 e. The van der Waals surface area contributed by atoms with Gasteiger partial charge in [0.15, 0.2) is 0 Å². The van der Waals surface area contributed by atoms with Crippen LogP contribution in [0.3, 0.4) is 0 Å². The Labute approximate surface area is 108 Å². The standard InChI is InChI=1S/C14H30ClN/c1-6-7-8-9-10-11-12-13(15)14(2,3)16(4)5/h13H,6-12H2,1-5H3. The summed E-state index contributed by atoms with van der Waals surface area (Å²) in [6.45, 7) is 6.71. The summed E-state index contributed by atoms with van der Waals surface area (Å²) in [4.78, 5) is 2.22. The van der Waals surface area contributed by atoms with Crippen molar-refractivity contribution in [3.8, 4) is 0 Å². The van der Waals surface area contributed by atoms with Crippen LogP contribution in [0.25, 0.3) is 0 Å². The fourth-order valence-corrected chi connectivity index (χ4v) is 2.09. The van der Waals surface area contributed by atoms with E-state index in [-0.39, 0.29) is 10.9 Å². The second-order valence-corrected chi connectivity index (χ2v) is 6.10. The van der Waals surface area contributed by atoms with Gasteiger partial charge >= 0.3 is 0 Å². The fraction of sp³-hybridized carbons (Fsp3) is 1.00. The van der Waals surface area contributed by atoms with E-state index in [9.17, 15) is 0 Å². The predicted molar refractivity (Wildman–Crippen MR) is 75.4 cm³/mol. The molecule has 0 aliphatic carbocycles. The smallest absolute Gasteiger partial charge is 0.0514 e. The first-order valence-corrected chi connectivity index (χ1v) is 7.18. The predicted octanol–water partition coefficient (Wildman–Crippen LogP) is 4.68. The van der Waals surface area contributed by atoms with Gasteiger partial charge in [0.1, 0.15) is 0 Å². The zero-order valence-corrected chi connectivity index (χ0v) is 12.6. The van der Waals surface area contributed by atoms with Crippen molar-refractivity contribution in [3.05, 3.63) is 0 Å². The van der Waals surface area contributed by atoms with Crippen LogP contribution < -0.4 is 0 Å². The molecule has 0 saturated heterocycles. The van der Waals surface area contributed by atoms with E-state index in [4.69, 9.17) is 11.6 Å². The van der Waals surface area contributed by atoms with Crippen molar-refractivity contribution in [2.75, 3.05) is 14.1 Å². The number of hydrogen-bond donors (Lipinski definition) is 0. The van der Waals surface area contributed by atoms with Gasteiger partial charge in [0.25, 0.3) is 0 Å². The molecule has 1 unspecified atom stereocenters. The maximum atomic E-state index is 6.47. The lowest BCUT2D eigenvalue weighted by Gasteiger charge is -2.37. The van der Waals surface area contributed by atoms with Crippen LogP contribution in [0.2, 0.25) is 0 Å². The van der Waals surface area contributed by atoms with E-state index in [2.05, 4.69) is 39.8 Å². The summed E-state index contributed by atoms with van der Waals surface area (Å²) in [5.41, 5.74) is 0.102. The highest BCUT2D eigenvalue weighted by Crippen LogP contribution is 2.25. The lowest BCUT2D eigenvalue weighted by Crippen LogP contribution is -2.46. The van der Waals surface area contributed by atoms with Gasteiger partial charge in [0.05, 0.1) is 5.38 Å². The van der Waals surface area contributed by atoms with E-state index in [0.717, 1.165) is 6.42 Å². The van der Waals surface area contributed by atoms with E-state index >= 15 is 0 Å². The molecule has 0 rings (SSSR count). The van der Waals surface area contributed by atoms with Crippen LogP contribution in [0.15, 0.2) is 0 Å². The topological polar surface area (TPSA) is 3.24 Å². The van der Waals surface area contributed by atoms with Gasteiger partial charge in [-0.2, -0.15) is 0 Å². The van der Waals surface area contributed by atoms with E-state index in [1.54, 1.807) is 0 Å². The van der Waals surface area contributed by atoms with Gasteiger partial charge < -0.3 is 4.90 Å². The van der Waals surface area contributed by atoms with Gasteiger partial charge in [-0.25, -0.2) is 0 Å². The molecule has 0 aromatic carbocycles. The molecular formula is C14H30ClN. The van der Waals surface area contributed by atoms with Crippen molar-refractivity contribution in [2.24, 2.45) is 0 Å². The molecule has 0 spiro atoms. The molecule has 0 amide bonds. The van der Waals surface area contributed by atoms with Crippen LogP contribution in [0, 0.1) is 0 Å². The Morgan fingerprint density at radius 3 is 2.00 bits per heavy atom. The number of halogens is 1. The van der Waals surface area contributed by atoms with E-state index < -0.39 is 0 Å². The van der Waals surface area contributed by atoms with E-state index in [0.29, 0.717) is 0 Å². The van der Waals surface area contributed by atoms with Crippen LogP contribution >= 0.6 is 11.6 Å². The molecule has 0 heterocycles. The highest BCUT2D eigenvalue weighted by Gasteiger charge is 2.29. The number of rotatable bonds is 9.